The second-order valence-corrected chi connectivity index (χ2v) is 6.49. The van der Waals surface area contributed by atoms with Crippen molar-refractivity contribution in [3.8, 4) is 5.75 Å². The number of benzene rings is 1. The number of nitrogens with zero attached hydrogens (tertiary/aromatic N) is 1. The Kier molecular flexibility index (Phi) is 4.25. The average molecular weight is 316 g/mol. The number of morpholine rings is 1. The van der Waals surface area contributed by atoms with Crippen molar-refractivity contribution in [1.82, 2.24) is 10.2 Å². The Balaban J connectivity index is 1.31. The standard InChI is InChI=1S/C18H24N2O3/c1-21-15-4-5-18-13(7-15)8-16(23-18)9-19-10-17-11-20-6-2-3-14(20)12-22-17/h4-5,7-8,14,17,19H,2-3,6,9-12H2,1H3/t14-,17-/m1/s1. The zero-order valence-electron chi connectivity index (χ0n) is 13.6. The molecule has 0 amide bonds. The van der Waals surface area contributed by atoms with Crippen LogP contribution in [0.4, 0.5) is 0 Å². The van der Waals surface area contributed by atoms with Crippen molar-refractivity contribution >= 4 is 11.0 Å². The van der Waals surface area contributed by atoms with Crippen LogP contribution in [0.3, 0.4) is 0 Å². The second-order valence-electron chi connectivity index (χ2n) is 6.49. The number of methoxy groups -OCH3 is 1. The van der Waals surface area contributed by atoms with E-state index < -0.39 is 0 Å². The van der Waals surface area contributed by atoms with E-state index in [4.69, 9.17) is 13.9 Å². The van der Waals surface area contributed by atoms with Gasteiger partial charge in [-0.05, 0) is 43.7 Å². The van der Waals surface area contributed by atoms with Gasteiger partial charge in [0.1, 0.15) is 17.1 Å². The summed E-state index contributed by atoms with van der Waals surface area (Å²) in [6.07, 6.45) is 2.90. The van der Waals surface area contributed by atoms with Gasteiger partial charge in [0.25, 0.3) is 0 Å². The zero-order valence-corrected chi connectivity index (χ0v) is 13.6. The number of ether oxygens (including phenoxy) is 2. The average Bonchev–Trinajstić information content (AvgIpc) is 3.19. The Bertz CT molecular complexity index is 669. The summed E-state index contributed by atoms with van der Waals surface area (Å²) >= 11 is 0. The molecule has 2 fully saturated rings. The van der Waals surface area contributed by atoms with E-state index in [1.165, 1.54) is 19.4 Å². The van der Waals surface area contributed by atoms with Gasteiger partial charge in [0.05, 0.1) is 26.4 Å². The van der Waals surface area contributed by atoms with Gasteiger partial charge in [0.15, 0.2) is 0 Å². The molecule has 2 aliphatic heterocycles. The first-order valence-electron chi connectivity index (χ1n) is 8.44. The third kappa shape index (κ3) is 3.22. The second kappa shape index (κ2) is 6.51. The molecule has 3 heterocycles. The first kappa shape index (κ1) is 15.0. The van der Waals surface area contributed by atoms with E-state index in [9.17, 15) is 0 Å². The van der Waals surface area contributed by atoms with Crippen LogP contribution in [0.5, 0.6) is 5.75 Å². The normalized spacial score (nSPS) is 24.9. The zero-order chi connectivity index (χ0) is 15.6. The molecule has 0 radical (unpaired) electrons. The van der Waals surface area contributed by atoms with Crippen LogP contribution in [0.25, 0.3) is 11.0 Å². The van der Waals surface area contributed by atoms with Crippen LogP contribution in [-0.4, -0.2) is 50.4 Å². The predicted molar refractivity (Wildman–Crippen MR) is 88.8 cm³/mol. The Labute approximate surface area is 136 Å². The Morgan fingerprint density at radius 2 is 2.30 bits per heavy atom. The number of rotatable bonds is 5. The molecule has 4 rings (SSSR count). The molecule has 5 nitrogen and oxygen atoms in total. The number of fused-ring (bicyclic) bond motifs is 2. The van der Waals surface area contributed by atoms with E-state index in [1.807, 2.05) is 18.2 Å². The predicted octanol–water partition coefficient (Wildman–Crippen LogP) is 2.39. The third-order valence-electron chi connectivity index (χ3n) is 4.91. The molecule has 1 N–H and O–H groups in total. The minimum Gasteiger partial charge on any atom is -0.497 e. The number of furan rings is 1. The van der Waals surface area contributed by atoms with E-state index in [1.54, 1.807) is 7.11 Å². The van der Waals surface area contributed by atoms with Gasteiger partial charge in [-0.3, -0.25) is 4.90 Å². The van der Waals surface area contributed by atoms with Crippen LogP contribution >= 0.6 is 0 Å². The van der Waals surface area contributed by atoms with Crippen molar-refractivity contribution in [3.05, 3.63) is 30.0 Å². The fraction of sp³-hybridized carbons (Fsp3) is 0.556. The maximum atomic E-state index is 5.97. The topological polar surface area (TPSA) is 46.9 Å². The molecule has 0 spiro atoms. The van der Waals surface area contributed by atoms with Gasteiger partial charge in [-0.1, -0.05) is 0 Å². The molecule has 0 aliphatic carbocycles. The summed E-state index contributed by atoms with van der Waals surface area (Å²) in [5.74, 6) is 1.80. The van der Waals surface area contributed by atoms with Gasteiger partial charge in [0, 0.05) is 24.5 Å². The molecule has 23 heavy (non-hydrogen) atoms. The maximum Gasteiger partial charge on any atom is 0.134 e. The van der Waals surface area contributed by atoms with Gasteiger partial charge in [0.2, 0.25) is 0 Å². The number of nitrogens with one attached hydrogen (secondary N) is 1. The third-order valence-corrected chi connectivity index (χ3v) is 4.91. The molecule has 1 aromatic heterocycles. The van der Waals surface area contributed by atoms with Crippen molar-refractivity contribution in [1.29, 1.82) is 0 Å². The van der Waals surface area contributed by atoms with Crippen LogP contribution < -0.4 is 10.1 Å². The molecule has 2 saturated heterocycles. The van der Waals surface area contributed by atoms with Crippen molar-refractivity contribution in [2.75, 3.05) is 33.4 Å². The van der Waals surface area contributed by atoms with Crippen LogP contribution in [0.1, 0.15) is 18.6 Å². The Morgan fingerprint density at radius 1 is 1.35 bits per heavy atom. The van der Waals surface area contributed by atoms with Crippen molar-refractivity contribution in [2.45, 2.75) is 31.5 Å². The molecule has 0 saturated carbocycles. The summed E-state index contributed by atoms with van der Waals surface area (Å²) < 4.78 is 17.1. The quantitative estimate of drug-likeness (QED) is 0.918. The lowest BCUT2D eigenvalue weighted by Gasteiger charge is -2.35. The molecular weight excluding hydrogens is 292 g/mol. The fourth-order valence-corrected chi connectivity index (χ4v) is 3.66. The van der Waals surface area contributed by atoms with Gasteiger partial charge in [-0.25, -0.2) is 0 Å². The van der Waals surface area contributed by atoms with Gasteiger partial charge < -0.3 is 19.2 Å². The van der Waals surface area contributed by atoms with E-state index in [-0.39, 0.29) is 6.10 Å². The molecule has 124 valence electrons. The highest BCUT2D eigenvalue weighted by molar-refractivity contribution is 5.79. The number of hydrogen-bond donors (Lipinski definition) is 1. The highest BCUT2D eigenvalue weighted by Crippen LogP contribution is 2.24. The van der Waals surface area contributed by atoms with Crippen LogP contribution in [0.2, 0.25) is 0 Å². The number of hydrogen-bond acceptors (Lipinski definition) is 5. The van der Waals surface area contributed by atoms with E-state index >= 15 is 0 Å². The molecule has 5 heteroatoms. The van der Waals surface area contributed by atoms with Crippen LogP contribution in [0, 0.1) is 0 Å². The first-order chi connectivity index (χ1) is 11.3. The molecule has 1 aromatic carbocycles. The minimum atomic E-state index is 0.286. The molecule has 0 unspecified atom stereocenters. The first-order valence-corrected chi connectivity index (χ1v) is 8.44. The lowest BCUT2D eigenvalue weighted by atomic mass is 10.2. The van der Waals surface area contributed by atoms with Crippen LogP contribution in [-0.2, 0) is 11.3 Å². The minimum absolute atomic E-state index is 0.286. The van der Waals surface area contributed by atoms with Gasteiger partial charge in [-0.2, -0.15) is 0 Å². The molecule has 2 aromatic rings. The smallest absolute Gasteiger partial charge is 0.134 e. The molecule has 0 bridgehead atoms. The van der Waals surface area contributed by atoms with Crippen LogP contribution in [0.15, 0.2) is 28.7 Å². The monoisotopic (exact) mass is 316 g/mol. The van der Waals surface area contributed by atoms with E-state index in [2.05, 4.69) is 16.3 Å². The highest BCUT2D eigenvalue weighted by Gasteiger charge is 2.31. The molecular formula is C18H24N2O3. The Hall–Kier alpha value is -1.56. The largest absolute Gasteiger partial charge is 0.497 e. The summed E-state index contributed by atoms with van der Waals surface area (Å²) in [4.78, 5) is 2.57. The van der Waals surface area contributed by atoms with E-state index in [0.717, 1.165) is 48.7 Å². The lowest BCUT2D eigenvalue weighted by molar-refractivity contribution is -0.0471. The van der Waals surface area contributed by atoms with Crippen molar-refractivity contribution < 1.29 is 13.9 Å². The summed E-state index contributed by atoms with van der Waals surface area (Å²) in [7, 11) is 1.68. The summed E-state index contributed by atoms with van der Waals surface area (Å²) in [5.41, 5.74) is 0.899. The molecule has 2 atom stereocenters. The van der Waals surface area contributed by atoms with E-state index in [0.29, 0.717) is 6.04 Å². The SMILES string of the molecule is COc1ccc2oc(CNC[C@@H]3CN4CCC[C@@H]4CO3)cc2c1. The summed E-state index contributed by atoms with van der Waals surface area (Å²) in [5, 5.41) is 4.54. The summed E-state index contributed by atoms with van der Waals surface area (Å²) in [6, 6.07) is 8.61. The fourth-order valence-electron chi connectivity index (χ4n) is 3.66. The summed E-state index contributed by atoms with van der Waals surface area (Å²) in [6.45, 7) is 4.76. The van der Waals surface area contributed by atoms with Gasteiger partial charge in [-0.15, -0.1) is 0 Å². The van der Waals surface area contributed by atoms with Gasteiger partial charge >= 0.3 is 0 Å². The Morgan fingerprint density at radius 3 is 3.22 bits per heavy atom. The molecule has 2 aliphatic rings. The van der Waals surface area contributed by atoms with Crippen molar-refractivity contribution in [2.24, 2.45) is 0 Å². The lowest BCUT2D eigenvalue weighted by Crippen LogP contribution is -2.49. The highest BCUT2D eigenvalue weighted by atomic mass is 16.5. The van der Waals surface area contributed by atoms with Crippen molar-refractivity contribution in [3.63, 3.8) is 0 Å². The maximum absolute atomic E-state index is 5.97.